The van der Waals surface area contributed by atoms with Crippen molar-refractivity contribution < 1.29 is 14.3 Å². The molecular formula is C20H25N5O3. The third-order valence-corrected chi connectivity index (χ3v) is 5.29. The first kappa shape index (κ1) is 18.6. The first-order valence-electron chi connectivity index (χ1n) is 9.66. The third kappa shape index (κ3) is 4.07. The van der Waals surface area contributed by atoms with Gasteiger partial charge in [-0.2, -0.15) is 0 Å². The molecule has 0 bridgehead atoms. The molecule has 148 valence electrons. The summed E-state index contributed by atoms with van der Waals surface area (Å²) in [5, 5.41) is 6.15. The monoisotopic (exact) mass is 383 g/mol. The number of aromatic amines is 1. The van der Waals surface area contributed by atoms with Gasteiger partial charge in [0.05, 0.1) is 23.0 Å². The van der Waals surface area contributed by atoms with Gasteiger partial charge in [-0.3, -0.25) is 14.9 Å². The fraction of sp³-hybridized carbons (Fsp3) is 0.450. The number of pyridine rings is 1. The molecule has 1 aliphatic carbocycles. The van der Waals surface area contributed by atoms with Crippen LogP contribution in [-0.4, -0.2) is 59.5 Å². The van der Waals surface area contributed by atoms with Gasteiger partial charge < -0.3 is 19.9 Å². The summed E-state index contributed by atoms with van der Waals surface area (Å²) in [4.78, 5) is 34.3. The molecule has 3 N–H and O–H groups in total. The number of carbonyl (C=O) groups is 2. The number of carbonyl (C=O) groups excluding carboxylic acids is 2. The molecular weight excluding hydrogens is 358 g/mol. The van der Waals surface area contributed by atoms with Crippen LogP contribution in [0, 0.1) is 0 Å². The highest BCUT2D eigenvalue weighted by atomic mass is 16.5. The molecule has 2 aromatic rings. The van der Waals surface area contributed by atoms with Crippen LogP contribution in [0.5, 0.6) is 5.88 Å². The van der Waals surface area contributed by atoms with Crippen molar-refractivity contribution in [3.63, 3.8) is 0 Å². The Bertz CT molecular complexity index is 861. The summed E-state index contributed by atoms with van der Waals surface area (Å²) in [6.45, 7) is 2.52. The molecule has 1 atom stereocenters. The molecule has 8 heteroatoms. The quantitative estimate of drug-likeness (QED) is 0.658. The summed E-state index contributed by atoms with van der Waals surface area (Å²) in [5.41, 5.74) is 2.33. The van der Waals surface area contributed by atoms with Crippen molar-refractivity contribution in [1.29, 1.82) is 0 Å². The highest BCUT2D eigenvalue weighted by Gasteiger charge is 2.26. The number of likely N-dealkylation sites (tertiary alicyclic amines) is 1. The Morgan fingerprint density at radius 3 is 3.04 bits per heavy atom. The minimum absolute atomic E-state index is 0.0236. The number of H-pyrrole nitrogens is 1. The second-order valence-electron chi connectivity index (χ2n) is 7.41. The van der Waals surface area contributed by atoms with Gasteiger partial charge in [-0.15, -0.1) is 0 Å². The normalized spacial score (nSPS) is 19.5. The Kier molecular flexibility index (Phi) is 5.40. The van der Waals surface area contributed by atoms with E-state index in [1.54, 1.807) is 24.5 Å². The minimum Gasteiger partial charge on any atom is -0.462 e. The Morgan fingerprint density at radius 1 is 1.39 bits per heavy atom. The maximum Gasteiger partial charge on any atom is 0.257 e. The lowest BCUT2D eigenvalue weighted by Gasteiger charge is -2.13. The van der Waals surface area contributed by atoms with Gasteiger partial charge in [0.25, 0.3) is 5.91 Å². The molecule has 28 heavy (non-hydrogen) atoms. The zero-order valence-corrected chi connectivity index (χ0v) is 16.0. The van der Waals surface area contributed by atoms with Crippen LogP contribution in [0.2, 0.25) is 0 Å². The smallest absolute Gasteiger partial charge is 0.257 e. The Balaban J connectivity index is 1.31. The minimum atomic E-state index is -0.310. The molecule has 1 aliphatic heterocycles. The summed E-state index contributed by atoms with van der Waals surface area (Å²) >= 11 is 0. The maximum atomic E-state index is 12.6. The number of aromatic nitrogens is 2. The van der Waals surface area contributed by atoms with E-state index >= 15 is 0 Å². The Labute approximate surface area is 163 Å². The van der Waals surface area contributed by atoms with E-state index in [0.717, 1.165) is 38.0 Å². The zero-order valence-electron chi connectivity index (χ0n) is 16.0. The van der Waals surface area contributed by atoms with Crippen LogP contribution in [0.3, 0.4) is 0 Å². The standard InChI is InChI=1S/C20H25N5O3/c1-25-8-7-14(11-25)23-12-28-18-6-5-13(9-22-18)24-20(27)15-10-21-16-3-2-4-17(26)19(15)16/h5-6,9-10,14,21,23H,2-4,7-8,11-12H2,1H3,(H,24,27). The summed E-state index contributed by atoms with van der Waals surface area (Å²) < 4.78 is 5.62. The predicted molar refractivity (Wildman–Crippen MR) is 105 cm³/mol. The number of aryl methyl sites for hydroxylation is 1. The third-order valence-electron chi connectivity index (χ3n) is 5.29. The number of hydrogen-bond acceptors (Lipinski definition) is 6. The number of anilines is 1. The molecule has 1 unspecified atom stereocenters. The highest BCUT2D eigenvalue weighted by Crippen LogP contribution is 2.25. The second kappa shape index (κ2) is 8.12. The number of nitrogens with one attached hydrogen (secondary N) is 3. The number of hydrogen-bond donors (Lipinski definition) is 3. The lowest BCUT2D eigenvalue weighted by molar-refractivity contribution is 0.0956. The van der Waals surface area contributed by atoms with Crippen molar-refractivity contribution in [2.45, 2.75) is 31.7 Å². The van der Waals surface area contributed by atoms with E-state index in [4.69, 9.17) is 4.74 Å². The summed E-state index contributed by atoms with van der Waals surface area (Å²) in [7, 11) is 2.11. The van der Waals surface area contributed by atoms with Crippen LogP contribution in [0.15, 0.2) is 24.5 Å². The second-order valence-corrected chi connectivity index (χ2v) is 7.41. The van der Waals surface area contributed by atoms with Crippen LogP contribution < -0.4 is 15.4 Å². The first-order valence-corrected chi connectivity index (χ1v) is 9.66. The lowest BCUT2D eigenvalue weighted by atomic mass is 9.93. The van der Waals surface area contributed by atoms with E-state index in [1.165, 1.54) is 0 Å². The van der Waals surface area contributed by atoms with Crippen LogP contribution in [0.1, 0.15) is 45.7 Å². The Morgan fingerprint density at radius 2 is 2.29 bits per heavy atom. The van der Waals surface area contributed by atoms with Gasteiger partial charge >= 0.3 is 0 Å². The SMILES string of the molecule is CN1CCC(NCOc2ccc(NC(=O)c3c[nH]c4c3C(=O)CCC4)cn2)C1. The molecule has 8 nitrogen and oxygen atoms in total. The molecule has 1 fully saturated rings. The molecule has 0 spiro atoms. The number of amides is 1. The van der Waals surface area contributed by atoms with Gasteiger partial charge in [-0.1, -0.05) is 0 Å². The molecule has 0 radical (unpaired) electrons. The number of nitrogens with zero attached hydrogens (tertiary/aromatic N) is 2. The van der Waals surface area contributed by atoms with Crippen molar-refractivity contribution in [2.24, 2.45) is 0 Å². The van der Waals surface area contributed by atoms with Crippen LogP contribution in [-0.2, 0) is 6.42 Å². The maximum absolute atomic E-state index is 12.6. The number of rotatable bonds is 6. The molecule has 0 aromatic carbocycles. The molecule has 2 aliphatic rings. The van der Waals surface area contributed by atoms with Gasteiger partial charge in [0.2, 0.25) is 5.88 Å². The van der Waals surface area contributed by atoms with E-state index in [0.29, 0.717) is 41.9 Å². The largest absolute Gasteiger partial charge is 0.462 e. The fourth-order valence-electron chi connectivity index (χ4n) is 3.78. The van der Waals surface area contributed by atoms with Crippen molar-refractivity contribution in [3.05, 3.63) is 41.3 Å². The Hall–Kier alpha value is -2.71. The van der Waals surface area contributed by atoms with E-state index in [1.807, 2.05) is 0 Å². The number of ketones is 1. The van der Waals surface area contributed by atoms with Gasteiger partial charge in [0.1, 0.15) is 6.73 Å². The van der Waals surface area contributed by atoms with Gasteiger partial charge in [0, 0.05) is 37.0 Å². The number of fused-ring (bicyclic) bond motifs is 1. The fourth-order valence-corrected chi connectivity index (χ4v) is 3.78. The van der Waals surface area contributed by atoms with E-state index in [-0.39, 0.29) is 11.7 Å². The number of likely N-dealkylation sites (N-methyl/N-ethyl adjacent to an activating group) is 1. The summed E-state index contributed by atoms with van der Waals surface area (Å²) in [6.07, 6.45) is 6.39. The average molecular weight is 383 g/mol. The van der Waals surface area contributed by atoms with E-state index < -0.39 is 0 Å². The van der Waals surface area contributed by atoms with Crippen molar-refractivity contribution in [1.82, 2.24) is 20.2 Å². The molecule has 1 saturated heterocycles. The van der Waals surface area contributed by atoms with Gasteiger partial charge in [0.15, 0.2) is 5.78 Å². The molecule has 3 heterocycles. The zero-order chi connectivity index (χ0) is 19.5. The predicted octanol–water partition coefficient (Wildman–Crippen LogP) is 1.81. The lowest BCUT2D eigenvalue weighted by Crippen LogP contribution is -2.34. The van der Waals surface area contributed by atoms with Crippen molar-refractivity contribution in [3.8, 4) is 5.88 Å². The summed E-state index contributed by atoms with van der Waals surface area (Å²) in [5.74, 6) is 0.205. The van der Waals surface area contributed by atoms with Crippen molar-refractivity contribution >= 4 is 17.4 Å². The van der Waals surface area contributed by atoms with Gasteiger partial charge in [-0.25, -0.2) is 4.98 Å². The molecule has 0 saturated carbocycles. The van der Waals surface area contributed by atoms with Crippen LogP contribution >= 0.6 is 0 Å². The molecule has 2 aromatic heterocycles. The number of ether oxygens (including phenoxy) is 1. The van der Waals surface area contributed by atoms with Gasteiger partial charge in [-0.05, 0) is 38.9 Å². The van der Waals surface area contributed by atoms with Crippen LogP contribution in [0.25, 0.3) is 0 Å². The van der Waals surface area contributed by atoms with Crippen molar-refractivity contribution in [2.75, 3.05) is 32.2 Å². The van der Waals surface area contributed by atoms with E-state index in [2.05, 4.69) is 32.5 Å². The average Bonchev–Trinajstić information content (AvgIpc) is 3.30. The number of Topliss-reactive ketones (excluding diaryl/α,β-unsaturated/α-hetero) is 1. The summed E-state index contributed by atoms with van der Waals surface area (Å²) in [6, 6.07) is 3.90. The molecule has 4 rings (SSSR count). The topological polar surface area (TPSA) is 99.4 Å². The molecule has 1 amide bonds. The van der Waals surface area contributed by atoms with E-state index in [9.17, 15) is 9.59 Å². The first-order chi connectivity index (χ1) is 13.6. The van der Waals surface area contributed by atoms with Crippen LogP contribution in [0.4, 0.5) is 5.69 Å². The highest BCUT2D eigenvalue weighted by molar-refractivity contribution is 6.13.